The second-order valence-electron chi connectivity index (χ2n) is 6.23. The van der Waals surface area contributed by atoms with Crippen LogP contribution in [0.2, 0.25) is 0 Å². The third kappa shape index (κ3) is 2.92. The first-order valence-electron chi connectivity index (χ1n) is 8.03. The molecule has 2 bridgehead atoms. The van der Waals surface area contributed by atoms with Crippen LogP contribution in [0.1, 0.15) is 12.8 Å². The second-order valence-corrected chi connectivity index (χ2v) is 6.23. The Morgan fingerprint density at radius 3 is 3.13 bits per heavy atom. The van der Waals surface area contributed by atoms with Gasteiger partial charge in [0, 0.05) is 24.8 Å². The van der Waals surface area contributed by atoms with Crippen LogP contribution in [-0.2, 0) is 0 Å². The molecule has 5 rings (SSSR count). The zero-order valence-electron chi connectivity index (χ0n) is 12.9. The number of carbonyl (C=O) groups excluding carboxylic acids is 1. The van der Waals surface area contributed by atoms with Crippen molar-refractivity contribution < 1.29 is 4.79 Å². The first-order valence-corrected chi connectivity index (χ1v) is 8.03. The van der Waals surface area contributed by atoms with Crippen molar-refractivity contribution in [3.63, 3.8) is 0 Å². The van der Waals surface area contributed by atoms with Gasteiger partial charge in [-0.2, -0.15) is 5.10 Å². The minimum absolute atomic E-state index is 0.0147. The van der Waals surface area contributed by atoms with Gasteiger partial charge in [0.2, 0.25) is 0 Å². The maximum Gasteiger partial charge on any atom is 0.322 e. The molecule has 3 fully saturated rings. The number of piperidine rings is 1. The largest absolute Gasteiger partial charge is 0.322 e. The van der Waals surface area contributed by atoms with Crippen molar-refractivity contribution in [2.24, 2.45) is 5.92 Å². The zero-order valence-corrected chi connectivity index (χ0v) is 12.9. The van der Waals surface area contributed by atoms with E-state index in [1.807, 2.05) is 29.2 Å². The lowest BCUT2D eigenvalue weighted by Gasteiger charge is -2.36. The molecule has 120 valence electrons. The van der Waals surface area contributed by atoms with Crippen molar-refractivity contribution in [1.29, 1.82) is 0 Å². The van der Waals surface area contributed by atoms with Crippen LogP contribution in [-0.4, -0.2) is 51.4 Å². The highest BCUT2D eigenvalue weighted by Gasteiger charge is 2.34. The van der Waals surface area contributed by atoms with Gasteiger partial charge in [0.1, 0.15) is 12.7 Å². The molecule has 1 aromatic heterocycles. The molecule has 2 aromatic rings. The van der Waals surface area contributed by atoms with Gasteiger partial charge in [-0.1, -0.05) is 6.07 Å². The fraction of sp³-hybridized carbons (Fsp3) is 0.438. The number of urea groups is 1. The molecule has 0 spiro atoms. The van der Waals surface area contributed by atoms with Crippen LogP contribution >= 0.6 is 0 Å². The van der Waals surface area contributed by atoms with E-state index in [4.69, 9.17) is 0 Å². The summed E-state index contributed by atoms with van der Waals surface area (Å²) < 4.78 is 1.67. The van der Waals surface area contributed by atoms with Gasteiger partial charge in [0.25, 0.3) is 0 Å². The molecule has 7 heteroatoms. The Hall–Kier alpha value is -2.41. The van der Waals surface area contributed by atoms with Gasteiger partial charge in [-0.25, -0.2) is 14.5 Å². The lowest BCUT2D eigenvalue weighted by Crippen LogP contribution is -2.49. The van der Waals surface area contributed by atoms with Gasteiger partial charge in [-0.15, -0.1) is 0 Å². The molecule has 3 saturated heterocycles. The van der Waals surface area contributed by atoms with Crippen molar-refractivity contribution in [1.82, 2.24) is 25.0 Å². The number of carbonyl (C=O) groups is 1. The van der Waals surface area contributed by atoms with Crippen LogP contribution in [0.4, 0.5) is 10.5 Å². The molecular weight excluding hydrogens is 292 g/mol. The molecule has 2 atom stereocenters. The minimum Gasteiger partial charge on any atom is -0.320 e. The average molecular weight is 312 g/mol. The first kappa shape index (κ1) is 14.2. The fourth-order valence-electron chi connectivity index (χ4n) is 3.45. The molecule has 0 unspecified atom stereocenters. The van der Waals surface area contributed by atoms with Crippen LogP contribution in [0.5, 0.6) is 0 Å². The van der Waals surface area contributed by atoms with E-state index < -0.39 is 0 Å². The summed E-state index contributed by atoms with van der Waals surface area (Å²) in [7, 11) is 0. The smallest absolute Gasteiger partial charge is 0.320 e. The summed E-state index contributed by atoms with van der Waals surface area (Å²) in [5.41, 5.74) is 1.65. The number of hydrogen-bond donors (Lipinski definition) is 2. The SMILES string of the molecule is O=C(Nc1cccc(-n2cncn2)c1)N1C[C@H]2CC[C@@H]1CNC2. The van der Waals surface area contributed by atoms with Crippen molar-refractivity contribution in [2.75, 3.05) is 25.0 Å². The second kappa shape index (κ2) is 6.00. The summed E-state index contributed by atoms with van der Waals surface area (Å²) in [6.45, 7) is 2.75. The molecule has 7 nitrogen and oxygen atoms in total. The number of rotatable bonds is 2. The zero-order chi connectivity index (χ0) is 15.6. The van der Waals surface area contributed by atoms with E-state index in [0.717, 1.165) is 37.4 Å². The van der Waals surface area contributed by atoms with E-state index in [2.05, 4.69) is 20.7 Å². The monoisotopic (exact) mass is 312 g/mol. The third-order valence-electron chi connectivity index (χ3n) is 4.66. The highest BCUT2D eigenvalue weighted by atomic mass is 16.2. The molecule has 23 heavy (non-hydrogen) atoms. The number of fused-ring (bicyclic) bond motifs is 4. The Balaban J connectivity index is 1.49. The van der Waals surface area contributed by atoms with Gasteiger partial charge in [-0.3, -0.25) is 0 Å². The highest BCUT2D eigenvalue weighted by molar-refractivity contribution is 5.90. The van der Waals surface area contributed by atoms with Crippen molar-refractivity contribution in [3.05, 3.63) is 36.9 Å². The summed E-state index contributed by atoms with van der Waals surface area (Å²) in [4.78, 5) is 18.6. The Bertz CT molecular complexity index is 682. The van der Waals surface area contributed by atoms with Crippen molar-refractivity contribution in [2.45, 2.75) is 18.9 Å². The lowest BCUT2D eigenvalue weighted by atomic mass is 9.95. The van der Waals surface area contributed by atoms with Crippen LogP contribution in [0.3, 0.4) is 0 Å². The Morgan fingerprint density at radius 1 is 1.30 bits per heavy atom. The molecule has 0 saturated carbocycles. The highest BCUT2D eigenvalue weighted by Crippen LogP contribution is 2.25. The Kier molecular flexibility index (Phi) is 3.70. The summed E-state index contributed by atoms with van der Waals surface area (Å²) in [5, 5.41) is 10.6. The Labute approximate surface area is 134 Å². The maximum atomic E-state index is 12.7. The van der Waals surface area contributed by atoms with Gasteiger partial charge in [0.05, 0.1) is 5.69 Å². The van der Waals surface area contributed by atoms with Gasteiger partial charge in [-0.05, 0) is 43.5 Å². The summed E-state index contributed by atoms with van der Waals surface area (Å²) in [6, 6.07) is 7.92. The van der Waals surface area contributed by atoms with E-state index in [1.54, 1.807) is 11.0 Å². The molecule has 2 N–H and O–H groups in total. The lowest BCUT2D eigenvalue weighted by molar-refractivity contribution is 0.153. The molecule has 3 aliphatic heterocycles. The summed E-state index contributed by atoms with van der Waals surface area (Å²) in [6.07, 6.45) is 5.43. The van der Waals surface area contributed by atoms with Crippen LogP contribution < -0.4 is 10.6 Å². The number of benzene rings is 1. The molecule has 4 heterocycles. The fourth-order valence-corrected chi connectivity index (χ4v) is 3.45. The van der Waals surface area contributed by atoms with Crippen LogP contribution in [0.15, 0.2) is 36.9 Å². The van der Waals surface area contributed by atoms with E-state index in [0.29, 0.717) is 12.0 Å². The van der Waals surface area contributed by atoms with Crippen molar-refractivity contribution in [3.8, 4) is 5.69 Å². The average Bonchev–Trinajstić information content (AvgIpc) is 2.92. The number of hydrogen-bond acceptors (Lipinski definition) is 4. The number of nitrogens with zero attached hydrogens (tertiary/aromatic N) is 4. The topological polar surface area (TPSA) is 75.1 Å². The molecule has 1 aromatic carbocycles. The van der Waals surface area contributed by atoms with E-state index in [9.17, 15) is 4.79 Å². The summed E-state index contributed by atoms with van der Waals surface area (Å²) in [5.74, 6) is 0.570. The van der Waals surface area contributed by atoms with Crippen LogP contribution in [0, 0.1) is 5.92 Å². The number of nitrogens with one attached hydrogen (secondary N) is 2. The van der Waals surface area contributed by atoms with E-state index >= 15 is 0 Å². The standard InChI is InChI=1S/C16H20N6O/c23-16(21-9-12-4-5-15(21)8-17-7-12)20-13-2-1-3-14(6-13)22-11-18-10-19-22/h1-3,6,10-12,15,17H,4-5,7-9H2,(H,20,23)/t12-,15+/m0/s1. The molecule has 3 aliphatic rings. The third-order valence-corrected chi connectivity index (χ3v) is 4.66. The molecule has 2 amide bonds. The number of amides is 2. The first-order chi connectivity index (χ1) is 11.3. The van der Waals surface area contributed by atoms with Crippen LogP contribution in [0.25, 0.3) is 5.69 Å². The number of anilines is 1. The maximum absolute atomic E-state index is 12.7. The number of aromatic nitrogens is 3. The quantitative estimate of drug-likeness (QED) is 0.881. The van der Waals surface area contributed by atoms with E-state index in [1.165, 1.54) is 12.7 Å². The predicted molar refractivity (Wildman–Crippen MR) is 86.5 cm³/mol. The summed E-state index contributed by atoms with van der Waals surface area (Å²) >= 11 is 0. The van der Waals surface area contributed by atoms with Crippen molar-refractivity contribution >= 4 is 11.7 Å². The normalized spacial score (nSPS) is 23.6. The molecular formula is C16H20N6O. The van der Waals surface area contributed by atoms with Gasteiger partial charge in [0.15, 0.2) is 0 Å². The minimum atomic E-state index is -0.0147. The Morgan fingerprint density at radius 2 is 2.26 bits per heavy atom. The van der Waals surface area contributed by atoms with Gasteiger partial charge >= 0.3 is 6.03 Å². The van der Waals surface area contributed by atoms with E-state index in [-0.39, 0.29) is 6.03 Å². The van der Waals surface area contributed by atoms with Gasteiger partial charge < -0.3 is 15.5 Å². The predicted octanol–water partition coefficient (Wildman–Crippen LogP) is 1.48. The molecule has 0 aliphatic carbocycles. The molecule has 0 radical (unpaired) electrons.